The molecule has 1 atom stereocenters. The van der Waals surface area contributed by atoms with Gasteiger partial charge < -0.3 is 19.9 Å². The van der Waals surface area contributed by atoms with Crippen LogP contribution in [-0.4, -0.2) is 45.0 Å². The molecular formula is C16H19N5O3. The molecular weight excluding hydrogens is 310 g/mol. The van der Waals surface area contributed by atoms with Crippen LogP contribution in [0.3, 0.4) is 0 Å². The number of rotatable bonds is 4. The lowest BCUT2D eigenvalue weighted by Crippen LogP contribution is -2.43. The number of hydrogen-bond acceptors (Lipinski definition) is 6. The van der Waals surface area contributed by atoms with Crippen molar-refractivity contribution < 1.29 is 9.53 Å². The third kappa shape index (κ3) is 3.60. The number of carbonyl (C=O) groups excluding carboxylic acids is 1. The predicted octanol–water partition coefficient (Wildman–Crippen LogP) is 0.211. The maximum absolute atomic E-state index is 12.4. The van der Waals surface area contributed by atoms with Gasteiger partial charge in [0.15, 0.2) is 0 Å². The Balaban J connectivity index is 1.62. The number of aromatic nitrogens is 3. The topological polar surface area (TPSA) is 103 Å². The Hall–Kier alpha value is -2.74. The number of hydrogen-bond donors (Lipinski definition) is 1. The summed E-state index contributed by atoms with van der Waals surface area (Å²) in [5.41, 5.74) is 6.27. The second-order valence-corrected chi connectivity index (χ2v) is 5.51. The van der Waals surface area contributed by atoms with Gasteiger partial charge in [0.1, 0.15) is 17.6 Å². The van der Waals surface area contributed by atoms with Gasteiger partial charge in [-0.05, 0) is 6.07 Å². The summed E-state index contributed by atoms with van der Waals surface area (Å²) in [6.45, 7) is 1.66. The number of pyridine rings is 1. The smallest absolute Gasteiger partial charge is 0.250 e. The van der Waals surface area contributed by atoms with Crippen LogP contribution in [0.2, 0.25) is 0 Å². The molecule has 1 aliphatic rings. The quantitative estimate of drug-likeness (QED) is 0.860. The first kappa shape index (κ1) is 16.1. The highest BCUT2D eigenvalue weighted by Gasteiger charge is 2.27. The van der Waals surface area contributed by atoms with E-state index in [0.717, 1.165) is 0 Å². The average molecular weight is 329 g/mol. The van der Waals surface area contributed by atoms with E-state index in [0.29, 0.717) is 37.8 Å². The molecule has 0 bridgehead atoms. The molecule has 0 aliphatic carbocycles. The van der Waals surface area contributed by atoms with Crippen LogP contribution in [0.15, 0.2) is 41.6 Å². The van der Waals surface area contributed by atoms with Gasteiger partial charge in [-0.3, -0.25) is 14.6 Å². The van der Waals surface area contributed by atoms with Crippen LogP contribution in [-0.2, 0) is 16.1 Å². The van der Waals surface area contributed by atoms with Gasteiger partial charge in [0.2, 0.25) is 5.91 Å². The molecule has 8 nitrogen and oxygen atoms in total. The Morgan fingerprint density at radius 2 is 2.17 bits per heavy atom. The van der Waals surface area contributed by atoms with E-state index < -0.39 is 0 Å². The van der Waals surface area contributed by atoms with Gasteiger partial charge in [-0.2, -0.15) is 0 Å². The summed E-state index contributed by atoms with van der Waals surface area (Å²) in [5, 5.41) is 0. The lowest BCUT2D eigenvalue weighted by Gasteiger charge is -2.33. The highest BCUT2D eigenvalue weighted by Crippen LogP contribution is 2.23. The molecule has 0 spiro atoms. The maximum Gasteiger partial charge on any atom is 0.250 e. The van der Waals surface area contributed by atoms with Crippen LogP contribution in [0.5, 0.6) is 0 Å². The van der Waals surface area contributed by atoms with Gasteiger partial charge in [-0.25, -0.2) is 4.98 Å². The monoisotopic (exact) mass is 329 g/mol. The van der Waals surface area contributed by atoms with Crippen LogP contribution in [0.1, 0.15) is 18.2 Å². The predicted molar refractivity (Wildman–Crippen MR) is 87.0 cm³/mol. The van der Waals surface area contributed by atoms with E-state index >= 15 is 0 Å². The fraction of sp³-hybridized carbons (Fsp3) is 0.375. The van der Waals surface area contributed by atoms with Crippen molar-refractivity contribution in [2.75, 3.05) is 25.4 Å². The van der Waals surface area contributed by atoms with Crippen LogP contribution >= 0.6 is 0 Å². The average Bonchev–Trinajstić information content (AvgIpc) is 2.61. The van der Waals surface area contributed by atoms with Crippen molar-refractivity contribution in [1.29, 1.82) is 0 Å². The summed E-state index contributed by atoms with van der Waals surface area (Å²) >= 11 is 0. The van der Waals surface area contributed by atoms with Gasteiger partial charge in [0.05, 0.1) is 13.2 Å². The number of nitrogens with two attached hydrogens (primary N) is 1. The van der Waals surface area contributed by atoms with Crippen molar-refractivity contribution in [3.63, 3.8) is 0 Å². The number of nitrogens with zero attached hydrogens (tertiary/aromatic N) is 4. The number of amides is 1. The van der Waals surface area contributed by atoms with Crippen molar-refractivity contribution in [1.82, 2.24) is 19.4 Å². The third-order valence-electron chi connectivity index (χ3n) is 3.95. The Labute approximate surface area is 138 Å². The standard InChI is InChI=1S/C16H19N5O3/c17-16-15(18-5-6-19-16)12-11-21(9-10-24-12)14(23)4-8-20-7-2-1-3-13(20)22/h1-3,5-7,12H,4,8-11H2,(H2,17,19). The SMILES string of the molecule is Nc1nccnc1C1CN(C(=O)CCn2ccccc2=O)CCO1. The zero-order valence-electron chi connectivity index (χ0n) is 13.2. The molecule has 1 saturated heterocycles. The number of ether oxygens (including phenoxy) is 1. The molecule has 24 heavy (non-hydrogen) atoms. The Morgan fingerprint density at radius 3 is 2.96 bits per heavy atom. The van der Waals surface area contributed by atoms with Gasteiger partial charge in [-0.15, -0.1) is 0 Å². The first-order chi connectivity index (χ1) is 11.6. The first-order valence-corrected chi connectivity index (χ1v) is 7.76. The van der Waals surface area contributed by atoms with E-state index in [9.17, 15) is 9.59 Å². The molecule has 8 heteroatoms. The summed E-state index contributed by atoms with van der Waals surface area (Å²) in [6.07, 6.45) is 4.63. The molecule has 2 N–H and O–H groups in total. The third-order valence-corrected chi connectivity index (χ3v) is 3.95. The lowest BCUT2D eigenvalue weighted by molar-refractivity contribution is -0.139. The van der Waals surface area contributed by atoms with Crippen molar-refractivity contribution >= 4 is 11.7 Å². The normalized spacial score (nSPS) is 17.7. The molecule has 126 valence electrons. The summed E-state index contributed by atoms with van der Waals surface area (Å²) in [5.74, 6) is 0.286. The maximum atomic E-state index is 12.4. The fourth-order valence-corrected chi connectivity index (χ4v) is 2.67. The van der Waals surface area contributed by atoms with E-state index in [4.69, 9.17) is 10.5 Å². The second-order valence-electron chi connectivity index (χ2n) is 5.51. The molecule has 1 unspecified atom stereocenters. The van der Waals surface area contributed by atoms with E-state index in [-0.39, 0.29) is 24.0 Å². The zero-order chi connectivity index (χ0) is 16.9. The van der Waals surface area contributed by atoms with E-state index in [1.165, 1.54) is 16.8 Å². The highest BCUT2D eigenvalue weighted by atomic mass is 16.5. The van der Waals surface area contributed by atoms with Crippen molar-refractivity contribution in [2.45, 2.75) is 19.1 Å². The number of nitrogen functional groups attached to an aromatic ring is 1. The minimum Gasteiger partial charge on any atom is -0.382 e. The number of morpholine rings is 1. The molecule has 0 aromatic carbocycles. The number of carbonyl (C=O) groups is 1. The molecule has 0 radical (unpaired) electrons. The molecule has 2 aromatic heterocycles. The van der Waals surface area contributed by atoms with Crippen LogP contribution in [0.25, 0.3) is 0 Å². The zero-order valence-corrected chi connectivity index (χ0v) is 13.2. The van der Waals surface area contributed by atoms with E-state index in [1.807, 2.05) is 0 Å². The minimum absolute atomic E-state index is 0.0264. The van der Waals surface area contributed by atoms with E-state index in [1.54, 1.807) is 29.4 Å². The van der Waals surface area contributed by atoms with Crippen LogP contribution in [0.4, 0.5) is 5.82 Å². The second kappa shape index (κ2) is 7.22. The van der Waals surface area contributed by atoms with Crippen LogP contribution < -0.4 is 11.3 Å². The Kier molecular flexibility index (Phi) is 4.85. The van der Waals surface area contributed by atoms with Crippen molar-refractivity contribution in [3.05, 3.63) is 52.8 Å². The molecule has 2 aromatic rings. The molecule has 1 aliphatic heterocycles. The largest absolute Gasteiger partial charge is 0.382 e. The van der Waals surface area contributed by atoms with Crippen molar-refractivity contribution in [2.24, 2.45) is 0 Å². The fourth-order valence-electron chi connectivity index (χ4n) is 2.67. The highest BCUT2D eigenvalue weighted by molar-refractivity contribution is 5.76. The molecule has 0 saturated carbocycles. The summed E-state index contributed by atoms with van der Waals surface area (Å²) in [6, 6.07) is 4.93. The van der Waals surface area contributed by atoms with Gasteiger partial charge >= 0.3 is 0 Å². The van der Waals surface area contributed by atoms with E-state index in [2.05, 4.69) is 9.97 Å². The minimum atomic E-state index is -0.379. The van der Waals surface area contributed by atoms with Gasteiger partial charge in [0.25, 0.3) is 5.56 Å². The molecule has 1 amide bonds. The van der Waals surface area contributed by atoms with Gasteiger partial charge in [-0.1, -0.05) is 6.07 Å². The Morgan fingerprint density at radius 1 is 1.33 bits per heavy atom. The number of aryl methyl sites for hydroxylation is 1. The summed E-state index contributed by atoms with van der Waals surface area (Å²) in [4.78, 5) is 34.0. The van der Waals surface area contributed by atoms with Gasteiger partial charge in [0, 0.05) is 44.2 Å². The molecule has 3 heterocycles. The summed E-state index contributed by atoms with van der Waals surface area (Å²) in [7, 11) is 0. The van der Waals surface area contributed by atoms with Crippen LogP contribution in [0, 0.1) is 0 Å². The lowest BCUT2D eigenvalue weighted by atomic mass is 10.2. The molecule has 1 fully saturated rings. The number of anilines is 1. The molecule has 3 rings (SSSR count). The first-order valence-electron chi connectivity index (χ1n) is 7.76. The Bertz CT molecular complexity index is 776. The van der Waals surface area contributed by atoms with Crippen molar-refractivity contribution in [3.8, 4) is 0 Å². The summed E-state index contributed by atoms with van der Waals surface area (Å²) < 4.78 is 7.20.